The van der Waals surface area contributed by atoms with Gasteiger partial charge in [-0.1, -0.05) is 25.5 Å². The Kier molecular flexibility index (Phi) is 10.8. The maximum atomic E-state index is 13.3. The van der Waals surface area contributed by atoms with Gasteiger partial charge in [-0.2, -0.15) is 0 Å². The molecule has 2 N–H and O–H groups in total. The standard InChI is InChI=1S/C21H26O4.C5H13O4P.C2H2/c1-20-8-7-13(23)9-12(20)3-4-14-15-5-6-16(18(25)11-22)21(15,2)10-17(24)19(14)20;1-3-8-10(7,5-6)9-4-2;1-2/h7-9,14-16,19,22H,3-6,10-11H2,1-2H3;6H,3-5H2,1-2H3;1-2H. The summed E-state index contributed by atoms with van der Waals surface area (Å²) in [5.41, 5.74) is 0.428. The number of carbonyl (C=O) groups excluding carboxylic acids is 3. The van der Waals surface area contributed by atoms with Crippen LogP contribution in [0.2, 0.25) is 0 Å². The van der Waals surface area contributed by atoms with Crippen molar-refractivity contribution in [3.05, 3.63) is 23.8 Å². The van der Waals surface area contributed by atoms with E-state index in [2.05, 4.69) is 26.7 Å². The molecule has 4 aliphatic rings. The molecule has 3 saturated carbocycles. The van der Waals surface area contributed by atoms with Gasteiger partial charge in [-0.3, -0.25) is 18.9 Å². The van der Waals surface area contributed by atoms with Crippen molar-refractivity contribution in [1.82, 2.24) is 0 Å². The number of hydrogen-bond donors (Lipinski definition) is 2. The maximum Gasteiger partial charge on any atom is 0.355 e. The number of rotatable bonds is 7. The second-order valence-electron chi connectivity index (χ2n) is 10.5. The van der Waals surface area contributed by atoms with Gasteiger partial charge in [0.2, 0.25) is 0 Å². The van der Waals surface area contributed by atoms with Crippen LogP contribution in [0.4, 0.5) is 0 Å². The number of terminal acetylenes is 1. The third-order valence-corrected chi connectivity index (χ3v) is 10.3. The van der Waals surface area contributed by atoms with Gasteiger partial charge in [0.05, 0.1) is 13.2 Å². The van der Waals surface area contributed by atoms with E-state index < -0.39 is 20.6 Å². The molecule has 0 saturated heterocycles. The Morgan fingerprint density at radius 1 is 1.11 bits per heavy atom. The summed E-state index contributed by atoms with van der Waals surface area (Å²) in [5, 5.41) is 17.9. The Balaban J connectivity index is 0.000000341. The van der Waals surface area contributed by atoms with Crippen LogP contribution in [0.5, 0.6) is 0 Å². The van der Waals surface area contributed by atoms with E-state index in [1.54, 1.807) is 26.0 Å². The lowest BCUT2D eigenvalue weighted by Crippen LogP contribution is -2.54. The first-order chi connectivity index (χ1) is 17.5. The molecule has 4 rings (SSSR count). The van der Waals surface area contributed by atoms with Crippen molar-refractivity contribution in [2.45, 2.75) is 59.8 Å². The van der Waals surface area contributed by atoms with Crippen molar-refractivity contribution < 1.29 is 38.2 Å². The molecule has 3 fully saturated rings. The molecule has 4 aliphatic carbocycles. The Labute approximate surface area is 220 Å². The number of carbonyl (C=O) groups is 3. The lowest BCUT2D eigenvalue weighted by atomic mass is 9.47. The third-order valence-electron chi connectivity index (χ3n) is 8.62. The monoisotopic (exact) mass is 536 g/mol. The van der Waals surface area contributed by atoms with Crippen molar-refractivity contribution in [1.29, 1.82) is 0 Å². The van der Waals surface area contributed by atoms with E-state index >= 15 is 0 Å². The minimum absolute atomic E-state index is 0.0218. The fraction of sp³-hybridized carbons (Fsp3) is 0.679. The molecule has 0 bridgehead atoms. The molecule has 206 valence electrons. The highest BCUT2D eigenvalue weighted by Crippen LogP contribution is 2.65. The van der Waals surface area contributed by atoms with Gasteiger partial charge in [0.1, 0.15) is 18.7 Å². The van der Waals surface area contributed by atoms with E-state index in [4.69, 9.17) is 14.2 Å². The SMILES string of the molecule is C#C.CC12C=CC(=O)C=C1CCC1C2C(=O)CC2(C)C(C(=O)CO)CCC12.CCOP(=O)(CO)OCC. The van der Waals surface area contributed by atoms with Crippen molar-refractivity contribution >= 4 is 24.9 Å². The molecule has 0 aromatic carbocycles. The van der Waals surface area contributed by atoms with Gasteiger partial charge in [-0.25, -0.2) is 0 Å². The van der Waals surface area contributed by atoms with E-state index in [0.29, 0.717) is 12.3 Å². The quantitative estimate of drug-likeness (QED) is 0.368. The molecule has 8 nitrogen and oxygen atoms in total. The number of aliphatic hydroxyl groups excluding tert-OH is 2. The zero-order valence-electron chi connectivity index (χ0n) is 22.4. The van der Waals surface area contributed by atoms with Crippen LogP contribution in [0.15, 0.2) is 23.8 Å². The normalized spacial score (nSPS) is 34.0. The summed E-state index contributed by atoms with van der Waals surface area (Å²) < 4.78 is 20.5. The van der Waals surface area contributed by atoms with Crippen molar-refractivity contribution in [2.24, 2.45) is 34.5 Å². The number of hydrogen-bond acceptors (Lipinski definition) is 8. The van der Waals surface area contributed by atoms with E-state index in [9.17, 15) is 24.1 Å². The van der Waals surface area contributed by atoms with Gasteiger partial charge < -0.3 is 19.3 Å². The zero-order chi connectivity index (χ0) is 28.0. The van der Waals surface area contributed by atoms with Gasteiger partial charge >= 0.3 is 7.60 Å². The van der Waals surface area contributed by atoms with Crippen LogP contribution in [0.25, 0.3) is 0 Å². The van der Waals surface area contributed by atoms with Gasteiger partial charge in [-0.05, 0) is 68.9 Å². The topological polar surface area (TPSA) is 127 Å². The zero-order valence-corrected chi connectivity index (χ0v) is 23.2. The summed E-state index contributed by atoms with van der Waals surface area (Å²) >= 11 is 0. The van der Waals surface area contributed by atoms with Crippen molar-refractivity contribution in [3.8, 4) is 12.8 Å². The lowest BCUT2D eigenvalue weighted by Gasteiger charge is -2.55. The Morgan fingerprint density at radius 2 is 1.73 bits per heavy atom. The first kappa shape index (κ1) is 31.3. The Hall–Kier alpha value is -1.88. The summed E-state index contributed by atoms with van der Waals surface area (Å²) in [6.07, 6.45) is 16.7. The highest BCUT2D eigenvalue weighted by Gasteiger charge is 2.62. The number of fused-ring (bicyclic) bond motifs is 5. The first-order valence-electron chi connectivity index (χ1n) is 12.9. The molecule has 37 heavy (non-hydrogen) atoms. The molecule has 6 atom stereocenters. The second kappa shape index (κ2) is 12.8. The average molecular weight is 537 g/mol. The highest BCUT2D eigenvalue weighted by atomic mass is 31.2. The van der Waals surface area contributed by atoms with Crippen LogP contribution in [-0.4, -0.2) is 53.7 Å². The van der Waals surface area contributed by atoms with Gasteiger partial charge in [-0.15, -0.1) is 12.8 Å². The Morgan fingerprint density at radius 3 is 2.27 bits per heavy atom. The molecule has 0 heterocycles. The lowest BCUT2D eigenvalue weighted by molar-refractivity contribution is -0.146. The summed E-state index contributed by atoms with van der Waals surface area (Å²) in [6, 6.07) is 0. The van der Waals surface area contributed by atoms with Gasteiger partial charge in [0.15, 0.2) is 11.6 Å². The van der Waals surface area contributed by atoms with Gasteiger partial charge in [0.25, 0.3) is 0 Å². The van der Waals surface area contributed by atoms with Crippen LogP contribution < -0.4 is 0 Å². The molecular formula is C28H41O8P. The fourth-order valence-electron chi connectivity index (χ4n) is 7.18. The molecule has 0 aromatic rings. The molecular weight excluding hydrogens is 495 g/mol. The van der Waals surface area contributed by atoms with E-state index in [0.717, 1.165) is 31.3 Å². The minimum atomic E-state index is -3.14. The summed E-state index contributed by atoms with van der Waals surface area (Å²) in [5.74, 6) is 0.477. The molecule has 0 spiro atoms. The first-order valence-corrected chi connectivity index (χ1v) is 14.6. The highest BCUT2D eigenvalue weighted by molar-refractivity contribution is 7.53. The summed E-state index contributed by atoms with van der Waals surface area (Å²) in [7, 11) is -3.14. The fourth-order valence-corrected chi connectivity index (χ4v) is 8.21. The predicted molar refractivity (Wildman–Crippen MR) is 140 cm³/mol. The van der Waals surface area contributed by atoms with Crippen LogP contribution in [0.3, 0.4) is 0 Å². The van der Waals surface area contributed by atoms with E-state index in [1.807, 2.05) is 6.08 Å². The minimum Gasteiger partial charge on any atom is -0.389 e. The molecule has 0 amide bonds. The van der Waals surface area contributed by atoms with E-state index in [-0.39, 0.29) is 59.1 Å². The predicted octanol–water partition coefficient (Wildman–Crippen LogP) is 4.10. The number of ketones is 3. The van der Waals surface area contributed by atoms with Crippen LogP contribution in [0, 0.1) is 47.3 Å². The van der Waals surface area contributed by atoms with Crippen LogP contribution >= 0.6 is 7.60 Å². The summed E-state index contributed by atoms with van der Waals surface area (Å²) in [6.45, 7) is 7.73. The second-order valence-corrected chi connectivity index (χ2v) is 12.5. The number of aliphatic hydroxyl groups is 2. The van der Waals surface area contributed by atoms with Gasteiger partial charge in [0, 0.05) is 23.7 Å². The van der Waals surface area contributed by atoms with Crippen molar-refractivity contribution in [3.63, 3.8) is 0 Å². The smallest absolute Gasteiger partial charge is 0.355 e. The largest absolute Gasteiger partial charge is 0.389 e. The van der Waals surface area contributed by atoms with Crippen LogP contribution in [0.1, 0.15) is 59.8 Å². The molecule has 6 unspecified atom stereocenters. The molecule has 0 aromatic heterocycles. The molecule has 9 heteroatoms. The summed E-state index contributed by atoms with van der Waals surface area (Å²) in [4.78, 5) is 37.3. The van der Waals surface area contributed by atoms with Crippen LogP contribution in [-0.2, 0) is 28.0 Å². The molecule has 0 aliphatic heterocycles. The number of allylic oxidation sites excluding steroid dienone is 4. The van der Waals surface area contributed by atoms with Crippen molar-refractivity contribution in [2.75, 3.05) is 26.2 Å². The average Bonchev–Trinajstić information content (AvgIpc) is 3.22. The number of Topliss-reactive ketones (excluding diaryl/α,β-unsaturated/α-hetero) is 2. The Bertz CT molecular complexity index is 987. The molecule has 0 radical (unpaired) electrons. The van der Waals surface area contributed by atoms with E-state index in [1.165, 1.54) is 0 Å². The maximum absolute atomic E-state index is 13.3. The third kappa shape index (κ3) is 6.08.